The van der Waals surface area contributed by atoms with E-state index in [2.05, 4.69) is 15.0 Å². The van der Waals surface area contributed by atoms with Gasteiger partial charge in [0, 0.05) is 17.8 Å². The summed E-state index contributed by atoms with van der Waals surface area (Å²) in [4.78, 5) is 4.23. The van der Waals surface area contributed by atoms with E-state index in [1.807, 2.05) is 13.8 Å². The lowest BCUT2D eigenvalue weighted by Gasteiger charge is -2.25. The van der Waals surface area contributed by atoms with Gasteiger partial charge in [-0.3, -0.25) is 4.99 Å². The molecule has 0 unspecified atom stereocenters. The molecule has 0 aromatic rings. The number of hydrogen-bond donors (Lipinski definition) is 2. The van der Waals surface area contributed by atoms with Crippen LogP contribution in [0.3, 0.4) is 0 Å². The molecule has 0 radical (unpaired) electrons. The molecule has 15 heavy (non-hydrogen) atoms. The van der Waals surface area contributed by atoms with Crippen molar-refractivity contribution in [1.29, 1.82) is 0 Å². The minimum Gasteiger partial charge on any atom is -0.363 e. The summed E-state index contributed by atoms with van der Waals surface area (Å²) in [6.45, 7) is 5.04. The Morgan fingerprint density at radius 2 is 2.20 bits per heavy atom. The third-order valence-corrected chi connectivity index (χ3v) is 3.59. The summed E-state index contributed by atoms with van der Waals surface area (Å²) in [5.74, 6) is 1.00. The Morgan fingerprint density at radius 3 is 2.67 bits per heavy atom. The van der Waals surface area contributed by atoms with Crippen LogP contribution in [0.5, 0.6) is 0 Å². The number of nitrogens with zero attached hydrogens (tertiary/aromatic N) is 1. The average molecular weight is 251 g/mol. The first-order valence-electron chi connectivity index (χ1n) is 4.69. The Kier molecular flexibility index (Phi) is 4.02. The fourth-order valence-electron chi connectivity index (χ4n) is 1.28. The highest BCUT2D eigenvalue weighted by molar-refractivity contribution is 8.14. The summed E-state index contributed by atoms with van der Waals surface area (Å²) >= 11 is 1.66. The van der Waals surface area contributed by atoms with Crippen molar-refractivity contribution in [2.24, 2.45) is 4.99 Å². The molecule has 0 aliphatic carbocycles. The molecule has 88 valence electrons. The van der Waals surface area contributed by atoms with Gasteiger partial charge in [0.2, 0.25) is 10.0 Å². The SMILES string of the molecule is CC(C)(CNC1=NCCS1)NS(C)(=O)=O. The summed E-state index contributed by atoms with van der Waals surface area (Å²) in [6.07, 6.45) is 1.16. The minimum atomic E-state index is -3.16. The van der Waals surface area contributed by atoms with Crippen molar-refractivity contribution in [3.63, 3.8) is 0 Å². The Hall–Kier alpha value is -0.270. The van der Waals surface area contributed by atoms with Gasteiger partial charge in [0.25, 0.3) is 0 Å². The molecule has 0 aromatic carbocycles. The number of amidine groups is 1. The van der Waals surface area contributed by atoms with Crippen LogP contribution in [-0.2, 0) is 10.0 Å². The summed E-state index contributed by atoms with van der Waals surface area (Å²) in [5.41, 5.74) is -0.501. The van der Waals surface area contributed by atoms with Crippen LogP contribution in [-0.4, -0.2) is 44.2 Å². The van der Waals surface area contributed by atoms with Gasteiger partial charge in [0.1, 0.15) is 0 Å². The van der Waals surface area contributed by atoms with Crippen LogP contribution in [0, 0.1) is 0 Å². The van der Waals surface area contributed by atoms with E-state index in [0.29, 0.717) is 6.54 Å². The van der Waals surface area contributed by atoms with Crippen LogP contribution in [0.2, 0.25) is 0 Å². The molecular formula is C8H17N3O2S2. The van der Waals surface area contributed by atoms with Crippen molar-refractivity contribution < 1.29 is 8.42 Å². The van der Waals surface area contributed by atoms with Crippen LogP contribution in [0.1, 0.15) is 13.8 Å². The molecule has 1 aliphatic heterocycles. The number of thioether (sulfide) groups is 1. The molecule has 0 aromatic heterocycles. The lowest BCUT2D eigenvalue weighted by atomic mass is 10.1. The number of rotatable bonds is 4. The van der Waals surface area contributed by atoms with Gasteiger partial charge in [-0.25, -0.2) is 13.1 Å². The van der Waals surface area contributed by atoms with Gasteiger partial charge in [0.15, 0.2) is 5.17 Å². The first-order chi connectivity index (χ1) is 6.79. The van der Waals surface area contributed by atoms with E-state index >= 15 is 0 Å². The van der Waals surface area contributed by atoms with Crippen LogP contribution in [0.4, 0.5) is 0 Å². The van der Waals surface area contributed by atoms with E-state index in [0.717, 1.165) is 23.7 Å². The minimum absolute atomic E-state index is 0.501. The quantitative estimate of drug-likeness (QED) is 0.738. The lowest BCUT2D eigenvalue weighted by Crippen LogP contribution is -2.50. The molecule has 1 rings (SSSR count). The zero-order valence-electron chi connectivity index (χ0n) is 9.20. The second kappa shape index (κ2) is 4.71. The van der Waals surface area contributed by atoms with Crippen molar-refractivity contribution in [2.75, 3.05) is 25.1 Å². The summed E-state index contributed by atoms with van der Waals surface area (Å²) in [7, 11) is -3.16. The molecular weight excluding hydrogens is 234 g/mol. The van der Waals surface area contributed by atoms with Crippen molar-refractivity contribution in [2.45, 2.75) is 19.4 Å². The highest BCUT2D eigenvalue weighted by atomic mass is 32.2. The maximum Gasteiger partial charge on any atom is 0.209 e. The van der Waals surface area contributed by atoms with Crippen molar-refractivity contribution in [3.8, 4) is 0 Å². The van der Waals surface area contributed by atoms with E-state index in [1.54, 1.807) is 11.8 Å². The summed E-state index contributed by atoms with van der Waals surface area (Å²) in [5, 5.41) is 4.03. The molecule has 0 spiro atoms. The fraction of sp³-hybridized carbons (Fsp3) is 0.875. The third kappa shape index (κ3) is 5.39. The van der Waals surface area contributed by atoms with Crippen molar-refractivity contribution >= 4 is 27.0 Å². The van der Waals surface area contributed by atoms with E-state index < -0.39 is 15.6 Å². The predicted molar refractivity (Wildman–Crippen MR) is 64.8 cm³/mol. The van der Waals surface area contributed by atoms with Crippen LogP contribution in [0.15, 0.2) is 4.99 Å². The van der Waals surface area contributed by atoms with E-state index in [1.165, 1.54) is 0 Å². The van der Waals surface area contributed by atoms with Crippen LogP contribution >= 0.6 is 11.8 Å². The van der Waals surface area contributed by atoms with Gasteiger partial charge in [-0.15, -0.1) is 0 Å². The average Bonchev–Trinajstić information content (AvgIpc) is 2.47. The highest BCUT2D eigenvalue weighted by Crippen LogP contribution is 2.10. The second-order valence-electron chi connectivity index (χ2n) is 4.15. The lowest BCUT2D eigenvalue weighted by molar-refractivity contribution is 0.450. The molecule has 7 heteroatoms. The zero-order valence-corrected chi connectivity index (χ0v) is 10.8. The monoisotopic (exact) mass is 251 g/mol. The van der Waals surface area contributed by atoms with E-state index in [4.69, 9.17) is 0 Å². The maximum absolute atomic E-state index is 11.1. The van der Waals surface area contributed by atoms with Gasteiger partial charge in [-0.1, -0.05) is 11.8 Å². The Labute approximate surface area is 95.2 Å². The van der Waals surface area contributed by atoms with Crippen molar-refractivity contribution in [3.05, 3.63) is 0 Å². The van der Waals surface area contributed by atoms with Crippen molar-refractivity contribution in [1.82, 2.24) is 10.0 Å². The highest BCUT2D eigenvalue weighted by Gasteiger charge is 2.22. The summed E-state index contributed by atoms with van der Waals surface area (Å²) in [6, 6.07) is 0. The largest absolute Gasteiger partial charge is 0.363 e. The molecule has 0 saturated carbocycles. The Bertz CT molecular complexity index is 349. The van der Waals surface area contributed by atoms with Crippen LogP contribution < -0.4 is 10.0 Å². The molecule has 0 amide bonds. The normalized spacial score (nSPS) is 17.7. The van der Waals surface area contributed by atoms with Crippen LogP contribution in [0.25, 0.3) is 0 Å². The number of aliphatic imine (C=N–C) groups is 1. The molecule has 0 fully saturated rings. The number of sulfonamides is 1. The molecule has 5 nitrogen and oxygen atoms in total. The molecule has 0 atom stereocenters. The zero-order chi connectivity index (χ0) is 11.5. The van der Waals surface area contributed by atoms with E-state index in [-0.39, 0.29) is 0 Å². The molecule has 2 N–H and O–H groups in total. The first kappa shape index (κ1) is 12.8. The van der Waals surface area contributed by atoms with Gasteiger partial charge >= 0.3 is 0 Å². The van der Waals surface area contributed by atoms with Gasteiger partial charge < -0.3 is 5.32 Å². The topological polar surface area (TPSA) is 70.6 Å². The van der Waals surface area contributed by atoms with E-state index in [9.17, 15) is 8.42 Å². The summed E-state index contributed by atoms with van der Waals surface area (Å²) < 4.78 is 24.7. The molecule has 1 heterocycles. The standard InChI is InChI=1S/C8H17N3O2S2/c1-8(2,11-15(3,12)13)6-10-7-9-4-5-14-7/h11H,4-6H2,1-3H3,(H,9,10). The van der Waals surface area contributed by atoms with Gasteiger partial charge in [0.05, 0.1) is 12.8 Å². The predicted octanol–water partition coefficient (Wildman–Crippen LogP) is 0.00660. The Balaban J connectivity index is 2.42. The number of nitrogens with one attached hydrogen (secondary N) is 2. The second-order valence-corrected chi connectivity index (χ2v) is 6.98. The van der Waals surface area contributed by atoms with Gasteiger partial charge in [-0.2, -0.15) is 0 Å². The maximum atomic E-state index is 11.1. The number of hydrogen-bond acceptors (Lipinski definition) is 5. The molecule has 0 saturated heterocycles. The third-order valence-electron chi connectivity index (χ3n) is 1.73. The Morgan fingerprint density at radius 1 is 1.53 bits per heavy atom. The fourth-order valence-corrected chi connectivity index (χ4v) is 3.09. The molecule has 1 aliphatic rings. The molecule has 0 bridgehead atoms. The van der Waals surface area contributed by atoms with Gasteiger partial charge in [-0.05, 0) is 13.8 Å². The first-order valence-corrected chi connectivity index (χ1v) is 7.56. The smallest absolute Gasteiger partial charge is 0.209 e.